The van der Waals surface area contributed by atoms with Crippen molar-refractivity contribution in [1.82, 2.24) is 20.6 Å². The van der Waals surface area contributed by atoms with E-state index in [0.717, 1.165) is 18.7 Å². The van der Waals surface area contributed by atoms with Gasteiger partial charge in [0.05, 0.1) is 11.9 Å². The van der Waals surface area contributed by atoms with Crippen LogP contribution in [0.25, 0.3) is 11.0 Å². The summed E-state index contributed by atoms with van der Waals surface area (Å²) in [5.74, 6) is -1.34. The lowest BCUT2D eigenvalue weighted by atomic mass is 9.88. The van der Waals surface area contributed by atoms with Gasteiger partial charge in [0, 0.05) is 35.6 Å². The normalized spacial score (nSPS) is 19.0. The van der Waals surface area contributed by atoms with Crippen molar-refractivity contribution in [2.75, 3.05) is 12.0 Å². The van der Waals surface area contributed by atoms with Gasteiger partial charge in [-0.2, -0.15) is 0 Å². The van der Waals surface area contributed by atoms with E-state index >= 15 is 0 Å². The van der Waals surface area contributed by atoms with Crippen LogP contribution in [0.2, 0.25) is 0 Å². The Hall–Kier alpha value is -2.49. The molecule has 28 heavy (non-hydrogen) atoms. The number of halogens is 2. The van der Waals surface area contributed by atoms with Gasteiger partial charge in [0.2, 0.25) is 0 Å². The van der Waals surface area contributed by atoms with Crippen molar-refractivity contribution < 1.29 is 17.2 Å². The summed E-state index contributed by atoms with van der Waals surface area (Å²) in [7, 11) is -3.30. The van der Waals surface area contributed by atoms with Gasteiger partial charge in [-0.05, 0) is 11.5 Å². The van der Waals surface area contributed by atoms with Crippen LogP contribution in [0, 0.1) is 11.2 Å². The lowest BCUT2D eigenvalue weighted by Gasteiger charge is -2.33. The zero-order valence-corrected chi connectivity index (χ0v) is 16.9. The highest BCUT2D eigenvalue weighted by molar-refractivity contribution is 7.90. The zero-order chi connectivity index (χ0) is 20.7. The van der Waals surface area contributed by atoms with Gasteiger partial charge < -0.3 is 15.6 Å². The molecule has 1 aliphatic rings. The van der Waals surface area contributed by atoms with E-state index in [9.17, 15) is 17.2 Å². The molecule has 0 saturated carbocycles. The molecule has 1 aliphatic heterocycles. The fourth-order valence-electron chi connectivity index (χ4n) is 2.91. The topological polar surface area (TPSA) is 99.2 Å². The molecule has 10 heteroatoms. The van der Waals surface area contributed by atoms with E-state index in [1.165, 1.54) is 6.07 Å². The van der Waals surface area contributed by atoms with Gasteiger partial charge in [-0.3, -0.25) is 0 Å². The summed E-state index contributed by atoms with van der Waals surface area (Å²) in [5, 5.41) is 6.29. The van der Waals surface area contributed by atoms with Crippen molar-refractivity contribution in [2.45, 2.75) is 33.0 Å². The maximum Gasteiger partial charge on any atom is 0.180 e. The first-order valence-electron chi connectivity index (χ1n) is 8.71. The molecule has 152 valence electrons. The van der Waals surface area contributed by atoms with Gasteiger partial charge in [0.25, 0.3) is 0 Å². The first kappa shape index (κ1) is 20.2. The van der Waals surface area contributed by atoms with Crippen LogP contribution in [0.3, 0.4) is 0 Å². The van der Waals surface area contributed by atoms with E-state index in [4.69, 9.17) is 0 Å². The van der Waals surface area contributed by atoms with Gasteiger partial charge >= 0.3 is 0 Å². The number of pyridine rings is 1. The summed E-state index contributed by atoms with van der Waals surface area (Å²) in [6.45, 7) is 5.60. The number of fused-ring (bicyclic) bond motifs is 1. The first-order chi connectivity index (χ1) is 12.9. The lowest BCUT2D eigenvalue weighted by molar-refractivity contribution is 0.315. The highest BCUT2D eigenvalue weighted by Gasteiger charge is 2.31. The largest absolute Gasteiger partial charge is 0.364 e. The Morgan fingerprint density at radius 2 is 2.04 bits per heavy atom. The van der Waals surface area contributed by atoms with E-state index in [0.29, 0.717) is 16.6 Å². The van der Waals surface area contributed by atoms with Crippen molar-refractivity contribution in [3.63, 3.8) is 0 Å². The highest BCUT2D eigenvalue weighted by Crippen LogP contribution is 2.28. The van der Waals surface area contributed by atoms with Crippen LogP contribution in [0.15, 0.2) is 35.5 Å². The molecule has 0 saturated heterocycles. The number of hydrogen-bond acceptors (Lipinski definition) is 6. The Morgan fingerprint density at radius 1 is 1.32 bits per heavy atom. The van der Waals surface area contributed by atoms with Gasteiger partial charge in [0.15, 0.2) is 11.7 Å². The maximum absolute atomic E-state index is 14.4. The Labute approximate surface area is 162 Å². The summed E-state index contributed by atoms with van der Waals surface area (Å²) in [5.41, 5.74) is 0.628. The summed E-state index contributed by atoms with van der Waals surface area (Å²) >= 11 is 0. The number of rotatable bonds is 4. The van der Waals surface area contributed by atoms with Crippen LogP contribution >= 0.6 is 0 Å². The van der Waals surface area contributed by atoms with Gasteiger partial charge in [-0.25, -0.2) is 27.2 Å². The van der Waals surface area contributed by atoms with Crippen LogP contribution in [0.1, 0.15) is 32.5 Å². The molecule has 2 aromatic heterocycles. The molecular weight excluding hydrogens is 388 g/mol. The van der Waals surface area contributed by atoms with Gasteiger partial charge in [-0.15, -0.1) is 0 Å². The molecule has 1 unspecified atom stereocenters. The third-order valence-electron chi connectivity index (χ3n) is 4.50. The first-order valence-corrected chi connectivity index (χ1v) is 10.8. The number of nitrogens with one attached hydrogen (secondary N) is 3. The Bertz CT molecular complexity index is 1050. The van der Waals surface area contributed by atoms with Crippen LogP contribution in [0.5, 0.6) is 0 Å². The maximum atomic E-state index is 14.4. The predicted octanol–water partition coefficient (Wildman–Crippen LogP) is 2.56. The minimum atomic E-state index is -3.30. The molecule has 0 aliphatic carbocycles. The molecule has 0 spiro atoms. The molecule has 2 atom stereocenters. The molecule has 0 radical (unpaired) electrons. The second kappa shape index (κ2) is 7.16. The number of amidine groups is 1. The van der Waals surface area contributed by atoms with E-state index in [1.807, 2.05) is 20.8 Å². The predicted molar refractivity (Wildman–Crippen MR) is 105 cm³/mol. The van der Waals surface area contributed by atoms with Crippen LogP contribution in [-0.2, 0) is 9.84 Å². The molecule has 3 heterocycles. The molecular formula is C18H23F2N5O2S. The summed E-state index contributed by atoms with van der Waals surface area (Å²) < 4.78 is 51.6. The number of sulfone groups is 1. The Balaban J connectivity index is 1.94. The molecule has 0 fully saturated rings. The summed E-state index contributed by atoms with van der Waals surface area (Å²) in [4.78, 5) is 11.3. The number of aromatic amines is 1. The van der Waals surface area contributed by atoms with Crippen molar-refractivity contribution in [1.29, 1.82) is 0 Å². The molecule has 3 N–H and O–H groups in total. The molecule has 2 aromatic rings. The van der Waals surface area contributed by atoms with Crippen LogP contribution in [-0.4, -0.2) is 42.3 Å². The van der Waals surface area contributed by atoms with E-state index in [-0.39, 0.29) is 11.6 Å². The van der Waals surface area contributed by atoms with Gasteiger partial charge in [0.1, 0.15) is 27.5 Å². The van der Waals surface area contributed by atoms with Crippen molar-refractivity contribution in [3.05, 3.63) is 41.9 Å². The van der Waals surface area contributed by atoms with Crippen molar-refractivity contribution >= 4 is 26.7 Å². The average molecular weight is 411 g/mol. The van der Waals surface area contributed by atoms with E-state index in [1.54, 1.807) is 6.20 Å². The Kier molecular flexibility index (Phi) is 5.18. The highest BCUT2D eigenvalue weighted by atomic mass is 32.2. The van der Waals surface area contributed by atoms with Crippen LogP contribution in [0.4, 0.5) is 8.78 Å². The zero-order valence-electron chi connectivity index (χ0n) is 16.0. The number of hydrogen-bond donors (Lipinski definition) is 3. The number of nitrogens with zero attached hydrogens (tertiary/aromatic N) is 2. The third-order valence-corrected chi connectivity index (χ3v) is 5.44. The minimum Gasteiger partial charge on any atom is -0.364 e. The van der Waals surface area contributed by atoms with E-state index < -0.39 is 39.1 Å². The number of aliphatic imine (C=N–C) groups is 1. The smallest absolute Gasteiger partial charge is 0.180 e. The molecule has 0 bridgehead atoms. The number of H-pyrrole nitrogens is 1. The summed E-state index contributed by atoms with van der Waals surface area (Å²) in [6.07, 6.45) is 4.35. The SMILES string of the molecule is CC(C)(C)[C@@H](CS(C)(=O)=O)NC1=NC(c2c[nH]c3ncc(F)cc23)NC=C1F. The standard InChI is InChI=1S/C18H23F2N5O2S/c1-18(2,3)14(9-28(4,26)27)24-17-13(20)8-23-16(25-17)12-7-22-15-11(12)5-10(19)6-21-15/h5-8,14,16,23H,9H2,1-4H3,(H,21,22)(H,24,25)/t14-,16?/m1/s1. The molecule has 3 rings (SSSR count). The van der Waals surface area contributed by atoms with E-state index in [2.05, 4.69) is 25.6 Å². The van der Waals surface area contributed by atoms with Crippen LogP contribution < -0.4 is 10.6 Å². The number of aromatic nitrogens is 2. The quantitative estimate of drug-likeness (QED) is 0.718. The average Bonchev–Trinajstić information content (AvgIpc) is 2.97. The minimum absolute atomic E-state index is 0.0500. The molecule has 0 amide bonds. The summed E-state index contributed by atoms with van der Waals surface area (Å²) in [6, 6.07) is 0.774. The molecule has 7 nitrogen and oxygen atoms in total. The van der Waals surface area contributed by atoms with Crippen molar-refractivity contribution in [3.8, 4) is 0 Å². The fraction of sp³-hybridized carbons (Fsp3) is 0.444. The lowest BCUT2D eigenvalue weighted by Crippen LogP contribution is -2.49. The second-order valence-corrected chi connectivity index (χ2v) is 10.2. The van der Waals surface area contributed by atoms with Gasteiger partial charge in [-0.1, -0.05) is 20.8 Å². The Morgan fingerprint density at radius 3 is 2.68 bits per heavy atom. The molecule has 0 aromatic carbocycles. The van der Waals surface area contributed by atoms with Crippen molar-refractivity contribution in [2.24, 2.45) is 10.4 Å². The third kappa shape index (κ3) is 4.49. The fourth-order valence-corrected chi connectivity index (χ4v) is 4.10. The monoisotopic (exact) mass is 411 g/mol. The second-order valence-electron chi connectivity index (χ2n) is 7.99.